The first-order valence-corrected chi connectivity index (χ1v) is 5.89. The normalized spacial score (nSPS) is 26.4. The van der Waals surface area contributed by atoms with Crippen molar-refractivity contribution in [2.24, 2.45) is 5.73 Å². The molecule has 0 aliphatic heterocycles. The van der Waals surface area contributed by atoms with Crippen LogP contribution in [0.25, 0.3) is 0 Å². The highest BCUT2D eigenvalue weighted by Crippen LogP contribution is 2.31. The molecule has 2 unspecified atom stereocenters. The summed E-state index contributed by atoms with van der Waals surface area (Å²) in [5.74, 6) is -1.38. The Morgan fingerprint density at radius 1 is 1.00 bits per heavy atom. The SMILES string of the molecule is NC1CCCCCC1c1ccc(F)c(F)c1. The van der Waals surface area contributed by atoms with E-state index < -0.39 is 11.6 Å². The predicted octanol–water partition coefficient (Wildman–Crippen LogP) is 3.34. The van der Waals surface area contributed by atoms with Gasteiger partial charge >= 0.3 is 0 Å². The summed E-state index contributed by atoms with van der Waals surface area (Å²) in [6.07, 6.45) is 5.41. The lowest BCUT2D eigenvalue weighted by Crippen LogP contribution is -2.27. The fourth-order valence-electron chi connectivity index (χ4n) is 2.49. The van der Waals surface area contributed by atoms with Crippen LogP contribution in [0, 0.1) is 11.6 Å². The summed E-state index contributed by atoms with van der Waals surface area (Å²) in [5.41, 5.74) is 6.92. The second kappa shape index (κ2) is 4.91. The van der Waals surface area contributed by atoms with Crippen LogP contribution in [0.5, 0.6) is 0 Å². The van der Waals surface area contributed by atoms with Crippen LogP contribution in [0.4, 0.5) is 8.78 Å². The summed E-state index contributed by atoms with van der Waals surface area (Å²) in [4.78, 5) is 0. The molecule has 1 aliphatic rings. The van der Waals surface area contributed by atoms with Gasteiger partial charge in [-0.3, -0.25) is 0 Å². The molecule has 1 aromatic carbocycles. The Morgan fingerprint density at radius 3 is 2.50 bits per heavy atom. The van der Waals surface area contributed by atoms with Crippen LogP contribution in [0.1, 0.15) is 43.6 Å². The third kappa shape index (κ3) is 2.40. The van der Waals surface area contributed by atoms with Crippen molar-refractivity contribution in [3.8, 4) is 0 Å². The van der Waals surface area contributed by atoms with Gasteiger partial charge in [0.1, 0.15) is 0 Å². The lowest BCUT2D eigenvalue weighted by molar-refractivity contribution is 0.484. The number of rotatable bonds is 1. The molecule has 2 N–H and O–H groups in total. The second-order valence-electron chi connectivity index (χ2n) is 4.58. The average Bonchev–Trinajstić information content (AvgIpc) is 2.47. The maximum atomic E-state index is 13.1. The molecule has 0 saturated heterocycles. The van der Waals surface area contributed by atoms with Crippen molar-refractivity contribution in [2.45, 2.75) is 44.1 Å². The van der Waals surface area contributed by atoms with Crippen LogP contribution in [0.15, 0.2) is 18.2 Å². The number of nitrogens with two attached hydrogens (primary N) is 1. The minimum Gasteiger partial charge on any atom is -0.327 e. The Hall–Kier alpha value is -0.960. The molecule has 1 aromatic rings. The van der Waals surface area contributed by atoms with Crippen LogP contribution >= 0.6 is 0 Å². The number of hydrogen-bond acceptors (Lipinski definition) is 1. The van der Waals surface area contributed by atoms with Gasteiger partial charge in [0, 0.05) is 6.04 Å². The molecule has 0 spiro atoms. The zero-order valence-corrected chi connectivity index (χ0v) is 9.26. The Kier molecular flexibility index (Phi) is 3.54. The van der Waals surface area contributed by atoms with Crippen LogP contribution < -0.4 is 5.73 Å². The minimum absolute atomic E-state index is 0.0763. The lowest BCUT2D eigenvalue weighted by atomic mass is 9.88. The maximum absolute atomic E-state index is 13.1. The fraction of sp³-hybridized carbons (Fsp3) is 0.538. The van der Waals surface area contributed by atoms with E-state index in [0.717, 1.165) is 31.2 Å². The molecule has 0 bridgehead atoms. The van der Waals surface area contributed by atoms with Crippen LogP contribution in [0.3, 0.4) is 0 Å². The van der Waals surface area contributed by atoms with Crippen LogP contribution in [-0.2, 0) is 0 Å². The zero-order valence-electron chi connectivity index (χ0n) is 9.26. The van der Waals surface area contributed by atoms with Gasteiger partial charge in [0.25, 0.3) is 0 Å². The maximum Gasteiger partial charge on any atom is 0.159 e. The van der Waals surface area contributed by atoms with Crippen molar-refractivity contribution in [2.75, 3.05) is 0 Å². The first-order chi connectivity index (χ1) is 7.68. The Bertz CT molecular complexity index is 365. The minimum atomic E-state index is -0.786. The topological polar surface area (TPSA) is 26.0 Å². The molecule has 0 aromatic heterocycles. The summed E-state index contributed by atoms with van der Waals surface area (Å²) >= 11 is 0. The van der Waals surface area contributed by atoms with Crippen molar-refractivity contribution in [1.29, 1.82) is 0 Å². The summed E-state index contributed by atoms with van der Waals surface area (Å²) < 4.78 is 26.0. The molecular weight excluding hydrogens is 208 g/mol. The van der Waals surface area contributed by atoms with E-state index in [9.17, 15) is 8.78 Å². The van der Waals surface area contributed by atoms with E-state index in [0.29, 0.717) is 0 Å². The molecule has 0 heterocycles. The van der Waals surface area contributed by atoms with E-state index in [-0.39, 0.29) is 12.0 Å². The molecule has 1 saturated carbocycles. The van der Waals surface area contributed by atoms with Crippen molar-refractivity contribution < 1.29 is 8.78 Å². The predicted molar refractivity (Wildman–Crippen MR) is 60.2 cm³/mol. The summed E-state index contributed by atoms with van der Waals surface area (Å²) in [6.45, 7) is 0. The Morgan fingerprint density at radius 2 is 1.75 bits per heavy atom. The molecule has 2 rings (SSSR count). The van der Waals surface area contributed by atoms with Crippen molar-refractivity contribution in [3.05, 3.63) is 35.4 Å². The van der Waals surface area contributed by atoms with Gasteiger partial charge < -0.3 is 5.73 Å². The van der Waals surface area contributed by atoms with Gasteiger partial charge in [0.15, 0.2) is 11.6 Å². The highest BCUT2D eigenvalue weighted by molar-refractivity contribution is 5.23. The van der Waals surface area contributed by atoms with Crippen LogP contribution in [0.2, 0.25) is 0 Å². The highest BCUT2D eigenvalue weighted by atomic mass is 19.2. The first-order valence-electron chi connectivity index (χ1n) is 5.89. The summed E-state index contributed by atoms with van der Waals surface area (Å²) in [7, 11) is 0. The number of halogens is 2. The van der Waals surface area contributed by atoms with Gasteiger partial charge in [-0.1, -0.05) is 25.3 Å². The lowest BCUT2D eigenvalue weighted by Gasteiger charge is -2.21. The number of hydrogen-bond donors (Lipinski definition) is 1. The van der Waals surface area contributed by atoms with E-state index in [2.05, 4.69) is 0 Å². The van der Waals surface area contributed by atoms with E-state index >= 15 is 0 Å². The Labute approximate surface area is 94.7 Å². The van der Waals surface area contributed by atoms with Gasteiger partial charge in [0.05, 0.1) is 0 Å². The number of benzene rings is 1. The molecule has 1 aliphatic carbocycles. The highest BCUT2D eigenvalue weighted by Gasteiger charge is 2.22. The molecule has 0 amide bonds. The van der Waals surface area contributed by atoms with Gasteiger partial charge in [-0.15, -0.1) is 0 Å². The van der Waals surface area contributed by atoms with Gasteiger partial charge in [-0.05, 0) is 36.5 Å². The van der Waals surface area contributed by atoms with Gasteiger partial charge in [-0.2, -0.15) is 0 Å². The third-order valence-corrected chi connectivity index (χ3v) is 3.44. The van der Waals surface area contributed by atoms with E-state index in [1.807, 2.05) is 0 Å². The van der Waals surface area contributed by atoms with E-state index in [1.54, 1.807) is 6.07 Å². The van der Waals surface area contributed by atoms with Crippen molar-refractivity contribution in [1.82, 2.24) is 0 Å². The third-order valence-electron chi connectivity index (χ3n) is 3.44. The van der Waals surface area contributed by atoms with E-state index in [1.165, 1.54) is 18.6 Å². The van der Waals surface area contributed by atoms with E-state index in [4.69, 9.17) is 5.73 Å². The molecule has 88 valence electrons. The molecular formula is C13H17F2N. The zero-order chi connectivity index (χ0) is 11.5. The summed E-state index contributed by atoms with van der Waals surface area (Å²) in [5, 5.41) is 0. The van der Waals surface area contributed by atoms with Crippen LogP contribution in [-0.4, -0.2) is 6.04 Å². The monoisotopic (exact) mass is 225 g/mol. The molecule has 2 atom stereocenters. The molecule has 16 heavy (non-hydrogen) atoms. The second-order valence-corrected chi connectivity index (χ2v) is 4.58. The average molecular weight is 225 g/mol. The molecule has 1 nitrogen and oxygen atoms in total. The van der Waals surface area contributed by atoms with Crippen molar-refractivity contribution >= 4 is 0 Å². The molecule has 1 fully saturated rings. The first kappa shape index (κ1) is 11.5. The smallest absolute Gasteiger partial charge is 0.159 e. The molecule has 0 radical (unpaired) electrons. The largest absolute Gasteiger partial charge is 0.327 e. The standard InChI is InChI=1S/C13H17F2N/c14-11-7-6-9(8-12(11)15)10-4-2-1-3-5-13(10)16/h6-8,10,13H,1-5,16H2. The molecule has 3 heteroatoms. The van der Waals surface area contributed by atoms with Gasteiger partial charge in [0.2, 0.25) is 0 Å². The Balaban J connectivity index is 2.23. The van der Waals surface area contributed by atoms with Gasteiger partial charge in [-0.25, -0.2) is 8.78 Å². The fourth-order valence-corrected chi connectivity index (χ4v) is 2.49. The van der Waals surface area contributed by atoms with Crippen molar-refractivity contribution in [3.63, 3.8) is 0 Å². The summed E-state index contributed by atoms with van der Waals surface area (Å²) in [6, 6.07) is 4.23. The quantitative estimate of drug-likeness (QED) is 0.729.